The first-order valence-corrected chi connectivity index (χ1v) is 13.1. The van der Waals surface area contributed by atoms with Crippen LogP contribution in [0.5, 0.6) is 5.75 Å². The Morgan fingerprint density at radius 2 is 1.95 bits per heavy atom. The number of aromatic nitrogens is 1. The highest BCUT2D eigenvalue weighted by Crippen LogP contribution is 2.43. The lowest BCUT2D eigenvalue weighted by atomic mass is 10.0. The molecule has 1 fully saturated rings. The molecule has 5 rings (SSSR count). The van der Waals surface area contributed by atoms with Gasteiger partial charge in [-0.05, 0) is 98.4 Å². The van der Waals surface area contributed by atoms with E-state index in [1.807, 2.05) is 91.5 Å². The number of furan rings is 1. The summed E-state index contributed by atoms with van der Waals surface area (Å²) < 4.78 is 17.0. The van der Waals surface area contributed by atoms with Gasteiger partial charge < -0.3 is 29.4 Å². The largest absolute Gasteiger partial charge is 0.494 e. The molecule has 2 aromatic carbocycles. The van der Waals surface area contributed by atoms with Crippen molar-refractivity contribution in [3.05, 3.63) is 96.0 Å². The highest BCUT2D eigenvalue weighted by Gasteiger charge is 2.42. The third-order valence-corrected chi connectivity index (χ3v) is 6.82. The number of aryl methyl sites for hydroxylation is 1. The number of methoxy groups -OCH3 is 1. The van der Waals surface area contributed by atoms with E-state index in [4.69, 9.17) is 26.1 Å². The normalized spacial score (nSPS) is 16.7. The van der Waals surface area contributed by atoms with E-state index in [1.54, 1.807) is 6.20 Å². The summed E-state index contributed by atoms with van der Waals surface area (Å²) in [5.41, 5.74) is 4.29. The molecular formula is C30H30N4O4S. The van der Waals surface area contributed by atoms with Gasteiger partial charge >= 0.3 is 0 Å². The molecule has 2 aromatic heterocycles. The topological polar surface area (TPSA) is 88.9 Å². The lowest BCUT2D eigenvalue weighted by Gasteiger charge is -2.26. The van der Waals surface area contributed by atoms with Crippen LogP contribution in [-0.4, -0.2) is 36.3 Å². The molecule has 9 heteroatoms. The number of nitrogens with one attached hydrogen (secondary N) is 2. The minimum atomic E-state index is -0.294. The van der Waals surface area contributed by atoms with Gasteiger partial charge in [-0.15, -0.1) is 0 Å². The summed E-state index contributed by atoms with van der Waals surface area (Å²) in [6.45, 7) is 4.51. The number of nitrogens with zero attached hydrogens (tertiary/aromatic N) is 2. The van der Waals surface area contributed by atoms with Crippen LogP contribution in [0.4, 0.5) is 11.4 Å². The predicted molar refractivity (Wildman–Crippen MR) is 155 cm³/mol. The zero-order valence-electron chi connectivity index (χ0n) is 22.0. The van der Waals surface area contributed by atoms with Gasteiger partial charge in [-0.25, -0.2) is 0 Å². The van der Waals surface area contributed by atoms with Crippen molar-refractivity contribution in [2.24, 2.45) is 0 Å². The van der Waals surface area contributed by atoms with Crippen LogP contribution in [0, 0.1) is 6.92 Å². The number of hydrogen-bond acceptors (Lipinski definition) is 6. The number of thiocarbonyl (C=S) groups is 1. The first-order valence-electron chi connectivity index (χ1n) is 12.7. The third-order valence-electron chi connectivity index (χ3n) is 6.50. The Bertz CT molecular complexity index is 1460. The number of hydrogen-bond donors (Lipinski definition) is 2. The maximum atomic E-state index is 12.1. The standard InChI is InChI=1S/C30H30N4O4S/c1-4-37-22-11-8-20(9-12-22)25-14-15-26(38-25)29-28(24-7-5-6-16-31-24)33-30(39)34(29)21-10-13-23(19(2)17-21)32-27(35)18-36-3/h5-17,28-29H,4,18H2,1-3H3,(H,32,35)(H,33,39). The van der Waals surface area contributed by atoms with Gasteiger partial charge in [0.25, 0.3) is 0 Å². The molecule has 3 heterocycles. The van der Waals surface area contributed by atoms with Gasteiger partial charge in [0.15, 0.2) is 5.11 Å². The van der Waals surface area contributed by atoms with Crippen molar-refractivity contribution in [1.82, 2.24) is 10.3 Å². The van der Waals surface area contributed by atoms with E-state index in [9.17, 15) is 4.79 Å². The Morgan fingerprint density at radius 1 is 1.13 bits per heavy atom. The smallest absolute Gasteiger partial charge is 0.250 e. The predicted octanol–water partition coefficient (Wildman–Crippen LogP) is 5.81. The molecule has 0 saturated carbocycles. The van der Waals surface area contributed by atoms with Gasteiger partial charge in [-0.1, -0.05) is 6.07 Å². The second-order valence-electron chi connectivity index (χ2n) is 9.14. The fraction of sp³-hybridized carbons (Fsp3) is 0.233. The molecule has 8 nitrogen and oxygen atoms in total. The van der Waals surface area contributed by atoms with Gasteiger partial charge in [0.05, 0.1) is 18.3 Å². The van der Waals surface area contributed by atoms with E-state index < -0.39 is 0 Å². The summed E-state index contributed by atoms with van der Waals surface area (Å²) in [4.78, 5) is 18.7. The molecule has 1 aliphatic heterocycles. The summed E-state index contributed by atoms with van der Waals surface area (Å²) >= 11 is 5.84. The van der Waals surface area contributed by atoms with E-state index in [0.29, 0.717) is 17.4 Å². The molecule has 0 spiro atoms. The Labute approximate surface area is 233 Å². The fourth-order valence-corrected chi connectivity index (χ4v) is 5.07. The van der Waals surface area contributed by atoms with Crippen molar-refractivity contribution >= 4 is 34.6 Å². The molecule has 2 atom stereocenters. The van der Waals surface area contributed by atoms with Crippen LogP contribution in [0.1, 0.15) is 36.0 Å². The Kier molecular flexibility index (Phi) is 7.90. The molecule has 2 unspecified atom stereocenters. The van der Waals surface area contributed by atoms with E-state index in [2.05, 4.69) is 15.6 Å². The maximum absolute atomic E-state index is 12.1. The minimum Gasteiger partial charge on any atom is -0.494 e. The highest BCUT2D eigenvalue weighted by atomic mass is 32.1. The van der Waals surface area contributed by atoms with Gasteiger partial charge in [0.2, 0.25) is 5.91 Å². The zero-order valence-corrected chi connectivity index (χ0v) is 22.8. The van der Waals surface area contributed by atoms with E-state index >= 15 is 0 Å². The number of ether oxygens (including phenoxy) is 2. The van der Waals surface area contributed by atoms with Crippen LogP contribution in [0.3, 0.4) is 0 Å². The fourth-order valence-electron chi connectivity index (χ4n) is 4.73. The lowest BCUT2D eigenvalue weighted by Crippen LogP contribution is -2.29. The van der Waals surface area contributed by atoms with Crippen molar-refractivity contribution < 1.29 is 18.7 Å². The molecule has 0 aliphatic carbocycles. The average Bonchev–Trinajstić information content (AvgIpc) is 3.56. The van der Waals surface area contributed by atoms with Crippen molar-refractivity contribution in [2.45, 2.75) is 25.9 Å². The van der Waals surface area contributed by atoms with Crippen molar-refractivity contribution in [2.75, 3.05) is 30.5 Å². The summed E-state index contributed by atoms with van der Waals surface area (Å²) in [6, 6.07) is 22.9. The number of rotatable bonds is 9. The first-order chi connectivity index (χ1) is 19.0. The minimum absolute atomic E-state index is 0.00959. The summed E-state index contributed by atoms with van der Waals surface area (Å²) in [7, 11) is 1.49. The maximum Gasteiger partial charge on any atom is 0.250 e. The Morgan fingerprint density at radius 3 is 2.64 bits per heavy atom. The van der Waals surface area contributed by atoms with Crippen LogP contribution in [0.25, 0.3) is 11.3 Å². The number of carbonyl (C=O) groups is 1. The van der Waals surface area contributed by atoms with Gasteiger partial charge in [-0.3, -0.25) is 9.78 Å². The molecular weight excluding hydrogens is 512 g/mol. The van der Waals surface area contributed by atoms with Crippen LogP contribution in [-0.2, 0) is 9.53 Å². The van der Waals surface area contributed by atoms with Crippen molar-refractivity contribution in [3.63, 3.8) is 0 Å². The molecule has 1 saturated heterocycles. The second-order valence-corrected chi connectivity index (χ2v) is 9.52. The van der Waals surface area contributed by atoms with Gasteiger partial charge in [-0.2, -0.15) is 0 Å². The number of amides is 1. The quantitative estimate of drug-likeness (QED) is 0.256. The molecule has 1 amide bonds. The average molecular weight is 543 g/mol. The molecule has 200 valence electrons. The first kappa shape index (κ1) is 26.4. The lowest BCUT2D eigenvalue weighted by molar-refractivity contribution is -0.119. The van der Waals surface area contributed by atoms with Crippen LogP contribution < -0.4 is 20.3 Å². The Hall–Kier alpha value is -4.21. The molecule has 0 radical (unpaired) electrons. The number of benzene rings is 2. The zero-order chi connectivity index (χ0) is 27.4. The monoisotopic (exact) mass is 542 g/mol. The van der Waals surface area contributed by atoms with E-state index in [-0.39, 0.29) is 24.6 Å². The summed E-state index contributed by atoms with van der Waals surface area (Å²) in [6.07, 6.45) is 1.77. The number of carbonyl (C=O) groups excluding carboxylic acids is 1. The molecule has 39 heavy (non-hydrogen) atoms. The van der Waals surface area contributed by atoms with Gasteiger partial charge in [0.1, 0.15) is 29.9 Å². The summed E-state index contributed by atoms with van der Waals surface area (Å²) in [5, 5.41) is 6.90. The van der Waals surface area contributed by atoms with Crippen LogP contribution in [0.15, 0.2) is 83.4 Å². The second kappa shape index (κ2) is 11.7. The SMILES string of the molecule is CCOc1ccc(-c2ccc(C3C(c4ccccn4)NC(=S)N3c3ccc(NC(=O)COC)c(C)c3)o2)cc1. The molecule has 1 aliphatic rings. The third kappa shape index (κ3) is 5.64. The number of anilines is 2. The van der Waals surface area contributed by atoms with Crippen LogP contribution in [0.2, 0.25) is 0 Å². The molecule has 4 aromatic rings. The van der Waals surface area contributed by atoms with Crippen LogP contribution >= 0.6 is 12.2 Å². The molecule has 0 bridgehead atoms. The number of pyridine rings is 1. The summed E-state index contributed by atoms with van der Waals surface area (Å²) in [5.74, 6) is 2.10. The Balaban J connectivity index is 1.50. The van der Waals surface area contributed by atoms with Crippen molar-refractivity contribution in [3.8, 4) is 17.1 Å². The van der Waals surface area contributed by atoms with Gasteiger partial charge in [0, 0.05) is 30.2 Å². The van der Waals surface area contributed by atoms with E-state index in [0.717, 1.165) is 39.8 Å². The molecule has 2 N–H and O–H groups in total. The van der Waals surface area contributed by atoms with E-state index in [1.165, 1.54) is 7.11 Å². The van der Waals surface area contributed by atoms with Crippen molar-refractivity contribution in [1.29, 1.82) is 0 Å². The highest BCUT2D eigenvalue weighted by molar-refractivity contribution is 7.80.